The SMILES string of the molecule is C=CCN(CC=C)C(CCCC)C(OC)OC. The fourth-order valence-corrected chi connectivity index (χ4v) is 1.99. The first-order valence-corrected chi connectivity index (χ1v) is 6.26. The highest BCUT2D eigenvalue weighted by atomic mass is 16.7. The van der Waals surface area contributed by atoms with E-state index in [1.807, 2.05) is 12.2 Å². The van der Waals surface area contributed by atoms with Crippen LogP contribution in [-0.4, -0.2) is 44.5 Å². The van der Waals surface area contributed by atoms with Crippen LogP contribution in [0.3, 0.4) is 0 Å². The second-order valence-electron chi connectivity index (χ2n) is 4.08. The van der Waals surface area contributed by atoms with Gasteiger partial charge in [0.15, 0.2) is 6.29 Å². The molecule has 0 N–H and O–H groups in total. The van der Waals surface area contributed by atoms with Crippen LogP contribution in [0.1, 0.15) is 26.2 Å². The topological polar surface area (TPSA) is 21.7 Å². The molecule has 3 heteroatoms. The van der Waals surface area contributed by atoms with Crippen LogP contribution in [0.4, 0.5) is 0 Å². The van der Waals surface area contributed by atoms with Gasteiger partial charge in [-0.15, -0.1) is 13.2 Å². The van der Waals surface area contributed by atoms with Gasteiger partial charge in [0.05, 0.1) is 6.04 Å². The van der Waals surface area contributed by atoms with Crippen LogP contribution in [0.25, 0.3) is 0 Å². The Morgan fingerprint density at radius 1 is 1.12 bits per heavy atom. The molecule has 0 rings (SSSR count). The van der Waals surface area contributed by atoms with Crippen molar-refractivity contribution in [1.29, 1.82) is 0 Å². The third kappa shape index (κ3) is 6.01. The van der Waals surface area contributed by atoms with Gasteiger partial charge in [-0.05, 0) is 6.42 Å². The van der Waals surface area contributed by atoms with Gasteiger partial charge in [-0.1, -0.05) is 31.9 Å². The highest BCUT2D eigenvalue weighted by molar-refractivity contribution is 4.86. The molecule has 0 bridgehead atoms. The van der Waals surface area contributed by atoms with E-state index in [4.69, 9.17) is 9.47 Å². The van der Waals surface area contributed by atoms with Crippen LogP contribution in [0.15, 0.2) is 25.3 Å². The number of ether oxygens (including phenoxy) is 2. The molecule has 0 fully saturated rings. The molecule has 100 valence electrons. The number of methoxy groups -OCH3 is 2. The fraction of sp³-hybridized carbons (Fsp3) is 0.714. The molecule has 1 unspecified atom stereocenters. The van der Waals surface area contributed by atoms with Gasteiger partial charge in [-0.25, -0.2) is 0 Å². The molecule has 0 amide bonds. The molecule has 0 aliphatic heterocycles. The van der Waals surface area contributed by atoms with Crippen molar-refractivity contribution in [3.05, 3.63) is 25.3 Å². The Kier molecular flexibility index (Phi) is 10.1. The zero-order valence-corrected chi connectivity index (χ0v) is 11.5. The van der Waals surface area contributed by atoms with Gasteiger partial charge in [0, 0.05) is 27.3 Å². The van der Waals surface area contributed by atoms with Crippen LogP contribution in [0, 0.1) is 0 Å². The predicted octanol–water partition coefficient (Wildman–Crippen LogP) is 2.84. The van der Waals surface area contributed by atoms with E-state index in [0.29, 0.717) is 0 Å². The Labute approximate surface area is 106 Å². The summed E-state index contributed by atoms with van der Waals surface area (Å²) in [5.41, 5.74) is 0. The lowest BCUT2D eigenvalue weighted by Gasteiger charge is -2.34. The lowest BCUT2D eigenvalue weighted by atomic mass is 10.1. The number of hydrogen-bond acceptors (Lipinski definition) is 3. The van der Waals surface area contributed by atoms with Gasteiger partial charge in [0.25, 0.3) is 0 Å². The molecule has 17 heavy (non-hydrogen) atoms. The smallest absolute Gasteiger partial charge is 0.172 e. The van der Waals surface area contributed by atoms with Gasteiger partial charge in [-0.2, -0.15) is 0 Å². The van der Waals surface area contributed by atoms with Crippen LogP contribution in [0.5, 0.6) is 0 Å². The predicted molar refractivity (Wildman–Crippen MR) is 73.1 cm³/mol. The highest BCUT2D eigenvalue weighted by Gasteiger charge is 2.25. The summed E-state index contributed by atoms with van der Waals surface area (Å²) in [7, 11) is 3.38. The standard InChI is InChI=1S/C14H27NO2/c1-6-9-10-13(14(16-4)17-5)15(11-7-2)12-8-3/h7-8,13-14H,2-3,6,9-12H2,1,4-5H3. The summed E-state index contributed by atoms with van der Waals surface area (Å²) in [5.74, 6) is 0. The summed E-state index contributed by atoms with van der Waals surface area (Å²) in [5, 5.41) is 0. The largest absolute Gasteiger partial charge is 0.354 e. The van der Waals surface area contributed by atoms with Crippen LogP contribution in [0.2, 0.25) is 0 Å². The summed E-state index contributed by atoms with van der Waals surface area (Å²) < 4.78 is 10.8. The van der Waals surface area contributed by atoms with E-state index in [0.717, 1.165) is 19.5 Å². The van der Waals surface area contributed by atoms with Crippen molar-refractivity contribution >= 4 is 0 Å². The third-order valence-electron chi connectivity index (χ3n) is 2.83. The Bertz CT molecular complexity index is 192. The zero-order valence-electron chi connectivity index (χ0n) is 11.5. The molecule has 0 aliphatic carbocycles. The molecule has 0 radical (unpaired) electrons. The molecule has 0 saturated heterocycles. The van der Waals surface area contributed by atoms with E-state index in [1.165, 1.54) is 12.8 Å². The van der Waals surface area contributed by atoms with E-state index >= 15 is 0 Å². The number of hydrogen-bond donors (Lipinski definition) is 0. The van der Waals surface area contributed by atoms with E-state index in [9.17, 15) is 0 Å². The monoisotopic (exact) mass is 241 g/mol. The Hall–Kier alpha value is -0.640. The van der Waals surface area contributed by atoms with Crippen LogP contribution >= 0.6 is 0 Å². The maximum Gasteiger partial charge on any atom is 0.172 e. The van der Waals surface area contributed by atoms with Crippen LogP contribution < -0.4 is 0 Å². The first-order chi connectivity index (χ1) is 8.24. The third-order valence-corrected chi connectivity index (χ3v) is 2.83. The Morgan fingerprint density at radius 2 is 1.65 bits per heavy atom. The minimum Gasteiger partial charge on any atom is -0.354 e. The normalized spacial score (nSPS) is 13.0. The van der Waals surface area contributed by atoms with Crippen molar-refractivity contribution < 1.29 is 9.47 Å². The summed E-state index contributed by atoms with van der Waals surface area (Å²) >= 11 is 0. The van der Waals surface area contributed by atoms with Crippen molar-refractivity contribution in [2.75, 3.05) is 27.3 Å². The second-order valence-corrected chi connectivity index (χ2v) is 4.08. The van der Waals surface area contributed by atoms with Gasteiger partial charge in [0.2, 0.25) is 0 Å². The summed E-state index contributed by atoms with van der Waals surface area (Å²) in [4.78, 5) is 2.29. The quantitative estimate of drug-likeness (QED) is 0.410. The summed E-state index contributed by atoms with van der Waals surface area (Å²) in [6.07, 6.45) is 7.02. The zero-order chi connectivity index (χ0) is 13.1. The Morgan fingerprint density at radius 3 is 2.00 bits per heavy atom. The molecule has 0 saturated carbocycles. The van der Waals surface area contributed by atoms with Crippen molar-refractivity contribution in [3.8, 4) is 0 Å². The van der Waals surface area contributed by atoms with Crippen molar-refractivity contribution in [3.63, 3.8) is 0 Å². The fourth-order valence-electron chi connectivity index (χ4n) is 1.99. The maximum atomic E-state index is 5.40. The van der Waals surface area contributed by atoms with Crippen molar-refractivity contribution in [2.24, 2.45) is 0 Å². The van der Waals surface area contributed by atoms with Gasteiger partial charge < -0.3 is 9.47 Å². The molecule has 0 aliphatic rings. The molecule has 0 aromatic carbocycles. The van der Waals surface area contributed by atoms with Crippen molar-refractivity contribution in [1.82, 2.24) is 4.90 Å². The molecule has 0 spiro atoms. The lowest BCUT2D eigenvalue weighted by molar-refractivity contribution is -0.146. The first-order valence-electron chi connectivity index (χ1n) is 6.26. The number of rotatable bonds is 11. The van der Waals surface area contributed by atoms with Gasteiger partial charge in [0.1, 0.15) is 0 Å². The molecule has 0 heterocycles. The molecular weight excluding hydrogens is 214 g/mol. The van der Waals surface area contributed by atoms with Gasteiger partial charge in [-0.3, -0.25) is 4.90 Å². The van der Waals surface area contributed by atoms with Crippen molar-refractivity contribution in [2.45, 2.75) is 38.5 Å². The average Bonchev–Trinajstić information content (AvgIpc) is 2.34. The average molecular weight is 241 g/mol. The molecule has 1 atom stereocenters. The van der Waals surface area contributed by atoms with E-state index < -0.39 is 0 Å². The minimum absolute atomic E-state index is 0.193. The second kappa shape index (κ2) is 10.5. The molecular formula is C14H27NO2. The number of nitrogens with zero attached hydrogens (tertiary/aromatic N) is 1. The van der Waals surface area contributed by atoms with E-state index in [2.05, 4.69) is 25.0 Å². The highest BCUT2D eigenvalue weighted by Crippen LogP contribution is 2.16. The first kappa shape index (κ1) is 16.4. The lowest BCUT2D eigenvalue weighted by Crippen LogP contribution is -2.45. The number of unbranched alkanes of at least 4 members (excludes halogenated alkanes) is 1. The summed E-state index contributed by atoms with van der Waals surface area (Å²) in [6, 6.07) is 0.251. The van der Waals surface area contributed by atoms with E-state index in [-0.39, 0.29) is 12.3 Å². The molecule has 0 aromatic heterocycles. The summed E-state index contributed by atoms with van der Waals surface area (Å²) in [6.45, 7) is 11.4. The molecule has 0 aromatic rings. The van der Waals surface area contributed by atoms with E-state index in [1.54, 1.807) is 14.2 Å². The molecule has 3 nitrogen and oxygen atoms in total. The maximum absolute atomic E-state index is 5.40. The van der Waals surface area contributed by atoms with Gasteiger partial charge >= 0.3 is 0 Å². The Balaban J connectivity index is 4.67. The van der Waals surface area contributed by atoms with Crippen LogP contribution in [-0.2, 0) is 9.47 Å². The minimum atomic E-state index is -0.193.